The molecule has 2 aromatic carbocycles. The van der Waals surface area contributed by atoms with Crippen LogP contribution in [0.2, 0.25) is 0 Å². The molecule has 0 aliphatic rings. The summed E-state index contributed by atoms with van der Waals surface area (Å²) in [7, 11) is 4.58. The summed E-state index contributed by atoms with van der Waals surface area (Å²) >= 11 is 0. The fourth-order valence-electron chi connectivity index (χ4n) is 2.90. The van der Waals surface area contributed by atoms with Gasteiger partial charge in [-0.05, 0) is 37.3 Å². The summed E-state index contributed by atoms with van der Waals surface area (Å²) in [6.45, 7) is 2.51. The molecule has 1 aromatic heterocycles. The average Bonchev–Trinajstić information content (AvgIpc) is 2.84. The molecule has 1 amide bonds. The molecule has 1 heterocycles. The van der Waals surface area contributed by atoms with Gasteiger partial charge in [-0.15, -0.1) is 0 Å². The molecule has 32 heavy (non-hydrogen) atoms. The van der Waals surface area contributed by atoms with Gasteiger partial charge in [0.2, 0.25) is 0 Å². The van der Waals surface area contributed by atoms with Gasteiger partial charge in [-0.2, -0.15) is 5.10 Å². The number of benzene rings is 2. The number of hydrazone groups is 1. The maximum Gasteiger partial charge on any atom is 0.291 e. The van der Waals surface area contributed by atoms with E-state index in [0.717, 1.165) is 11.3 Å². The van der Waals surface area contributed by atoms with Crippen LogP contribution >= 0.6 is 0 Å². The molecule has 0 radical (unpaired) electrons. The second kappa shape index (κ2) is 10.8. The van der Waals surface area contributed by atoms with Crippen LogP contribution in [0.1, 0.15) is 23.0 Å². The van der Waals surface area contributed by atoms with E-state index >= 15 is 0 Å². The summed E-state index contributed by atoms with van der Waals surface area (Å²) in [5.74, 6) is 1.76. The zero-order valence-electron chi connectivity index (χ0n) is 18.3. The van der Waals surface area contributed by atoms with Gasteiger partial charge in [-0.3, -0.25) is 9.78 Å². The third-order valence-corrected chi connectivity index (χ3v) is 4.41. The van der Waals surface area contributed by atoms with Gasteiger partial charge in [0.25, 0.3) is 5.91 Å². The molecule has 0 atom stereocenters. The van der Waals surface area contributed by atoms with Crippen LogP contribution in [0.5, 0.6) is 23.0 Å². The van der Waals surface area contributed by atoms with E-state index in [2.05, 4.69) is 20.5 Å². The van der Waals surface area contributed by atoms with E-state index in [1.165, 1.54) is 26.6 Å². The van der Waals surface area contributed by atoms with Gasteiger partial charge in [0.1, 0.15) is 17.2 Å². The molecule has 9 heteroatoms. The summed E-state index contributed by atoms with van der Waals surface area (Å²) in [6.07, 6.45) is 4.40. The maximum absolute atomic E-state index is 12.5. The van der Waals surface area contributed by atoms with E-state index in [4.69, 9.17) is 18.9 Å². The molecular weight excluding hydrogens is 412 g/mol. The third-order valence-electron chi connectivity index (χ3n) is 4.41. The van der Waals surface area contributed by atoms with Crippen LogP contribution in [0.25, 0.3) is 11.3 Å². The number of aromatic nitrogens is 2. The van der Waals surface area contributed by atoms with E-state index in [0.29, 0.717) is 35.1 Å². The highest BCUT2D eigenvalue weighted by atomic mass is 16.5. The van der Waals surface area contributed by atoms with Crippen molar-refractivity contribution >= 4 is 12.1 Å². The quantitative estimate of drug-likeness (QED) is 0.405. The van der Waals surface area contributed by atoms with Gasteiger partial charge in [-0.1, -0.05) is 0 Å². The second-order valence-electron chi connectivity index (χ2n) is 6.40. The number of carbonyl (C=O) groups is 1. The SMILES string of the molecule is CCOc1ccc(-c2cncc(C(=O)N/N=C/c3cc(OC)cc(OC)c3OC)n2)cc1. The molecule has 1 N–H and O–H groups in total. The van der Waals surface area contributed by atoms with Gasteiger partial charge in [0.05, 0.1) is 52.2 Å². The predicted octanol–water partition coefficient (Wildman–Crippen LogP) is 3.33. The van der Waals surface area contributed by atoms with Crippen LogP contribution in [-0.2, 0) is 0 Å². The number of carbonyl (C=O) groups excluding carboxylic acids is 1. The van der Waals surface area contributed by atoms with Gasteiger partial charge >= 0.3 is 0 Å². The second-order valence-corrected chi connectivity index (χ2v) is 6.40. The van der Waals surface area contributed by atoms with E-state index in [9.17, 15) is 4.79 Å². The average molecular weight is 436 g/mol. The minimum Gasteiger partial charge on any atom is -0.497 e. The first kappa shape index (κ1) is 22.5. The Morgan fingerprint density at radius 3 is 2.47 bits per heavy atom. The number of amides is 1. The number of methoxy groups -OCH3 is 3. The Hall–Kier alpha value is -4.14. The summed E-state index contributed by atoms with van der Waals surface area (Å²) in [6, 6.07) is 10.8. The lowest BCUT2D eigenvalue weighted by Crippen LogP contribution is -2.19. The molecule has 0 unspecified atom stereocenters. The smallest absolute Gasteiger partial charge is 0.291 e. The first-order valence-corrected chi connectivity index (χ1v) is 9.78. The zero-order valence-corrected chi connectivity index (χ0v) is 18.3. The molecule has 0 aliphatic heterocycles. The highest BCUT2D eigenvalue weighted by Crippen LogP contribution is 2.34. The van der Waals surface area contributed by atoms with Gasteiger partial charge in [0, 0.05) is 17.2 Å². The normalized spacial score (nSPS) is 10.6. The topological polar surface area (TPSA) is 104 Å². The fraction of sp³-hybridized carbons (Fsp3) is 0.217. The van der Waals surface area contributed by atoms with Crippen LogP contribution in [0.3, 0.4) is 0 Å². The molecular formula is C23H24N4O5. The van der Waals surface area contributed by atoms with Crippen molar-refractivity contribution in [3.05, 3.63) is 60.0 Å². The van der Waals surface area contributed by atoms with Crippen molar-refractivity contribution in [2.45, 2.75) is 6.92 Å². The Kier molecular flexibility index (Phi) is 7.58. The van der Waals surface area contributed by atoms with E-state index in [1.54, 1.807) is 25.4 Å². The lowest BCUT2D eigenvalue weighted by molar-refractivity contribution is 0.0950. The van der Waals surface area contributed by atoms with Gasteiger partial charge in [-0.25, -0.2) is 10.4 Å². The number of hydrogen-bond acceptors (Lipinski definition) is 8. The number of hydrogen-bond donors (Lipinski definition) is 1. The number of nitrogens with one attached hydrogen (secondary N) is 1. The Bertz CT molecular complexity index is 1100. The highest BCUT2D eigenvalue weighted by molar-refractivity contribution is 5.94. The number of nitrogens with zero attached hydrogens (tertiary/aromatic N) is 3. The molecule has 9 nitrogen and oxygen atoms in total. The Morgan fingerprint density at radius 2 is 1.81 bits per heavy atom. The Labute approximate surface area is 186 Å². The van der Waals surface area contributed by atoms with Crippen LogP contribution in [-0.4, -0.2) is 50.0 Å². The minimum absolute atomic E-state index is 0.128. The van der Waals surface area contributed by atoms with Gasteiger partial charge < -0.3 is 18.9 Å². The van der Waals surface area contributed by atoms with Crippen molar-refractivity contribution in [2.75, 3.05) is 27.9 Å². The van der Waals surface area contributed by atoms with E-state index < -0.39 is 5.91 Å². The Balaban J connectivity index is 1.76. The molecule has 166 valence electrons. The summed E-state index contributed by atoms with van der Waals surface area (Å²) in [5.41, 5.74) is 4.52. The van der Waals surface area contributed by atoms with Crippen molar-refractivity contribution < 1.29 is 23.7 Å². The standard InChI is InChI=1S/C23H24N4O5/c1-5-32-17-8-6-15(7-9-17)19-13-24-14-20(26-19)23(28)27-25-12-16-10-18(29-2)11-21(30-3)22(16)31-4/h6-14H,5H2,1-4H3,(H,27,28)/b25-12+. The van der Waals surface area contributed by atoms with Crippen LogP contribution in [0.4, 0.5) is 0 Å². The first-order valence-electron chi connectivity index (χ1n) is 9.78. The van der Waals surface area contributed by atoms with Crippen molar-refractivity contribution in [2.24, 2.45) is 5.10 Å². The number of rotatable bonds is 9. The van der Waals surface area contributed by atoms with Gasteiger partial charge in [0.15, 0.2) is 11.5 Å². The molecule has 0 spiro atoms. The van der Waals surface area contributed by atoms with E-state index in [-0.39, 0.29) is 5.69 Å². The van der Waals surface area contributed by atoms with Crippen LogP contribution < -0.4 is 24.4 Å². The largest absolute Gasteiger partial charge is 0.497 e. The van der Waals surface area contributed by atoms with Crippen molar-refractivity contribution in [3.8, 4) is 34.3 Å². The predicted molar refractivity (Wildman–Crippen MR) is 120 cm³/mol. The fourth-order valence-corrected chi connectivity index (χ4v) is 2.90. The first-order chi connectivity index (χ1) is 15.6. The van der Waals surface area contributed by atoms with Crippen LogP contribution in [0.15, 0.2) is 53.9 Å². The lowest BCUT2D eigenvalue weighted by atomic mass is 10.1. The van der Waals surface area contributed by atoms with Crippen molar-refractivity contribution in [1.82, 2.24) is 15.4 Å². The van der Waals surface area contributed by atoms with Crippen LogP contribution in [0, 0.1) is 0 Å². The monoisotopic (exact) mass is 436 g/mol. The Morgan fingerprint density at radius 1 is 1.03 bits per heavy atom. The summed E-state index contributed by atoms with van der Waals surface area (Å²) < 4.78 is 21.4. The van der Waals surface area contributed by atoms with Crippen molar-refractivity contribution in [1.29, 1.82) is 0 Å². The molecule has 0 aliphatic carbocycles. The summed E-state index contributed by atoms with van der Waals surface area (Å²) in [4.78, 5) is 21.0. The maximum atomic E-state index is 12.5. The third kappa shape index (κ3) is 5.31. The molecule has 0 fully saturated rings. The minimum atomic E-state index is -0.504. The zero-order chi connectivity index (χ0) is 22.9. The molecule has 3 rings (SSSR count). The summed E-state index contributed by atoms with van der Waals surface area (Å²) in [5, 5.41) is 4.01. The highest BCUT2D eigenvalue weighted by Gasteiger charge is 2.13. The molecule has 3 aromatic rings. The molecule has 0 bridgehead atoms. The van der Waals surface area contributed by atoms with E-state index in [1.807, 2.05) is 31.2 Å². The molecule has 0 saturated carbocycles. The van der Waals surface area contributed by atoms with Crippen molar-refractivity contribution in [3.63, 3.8) is 0 Å². The molecule has 0 saturated heterocycles. The number of ether oxygens (including phenoxy) is 4. The lowest BCUT2D eigenvalue weighted by Gasteiger charge is -2.12.